The van der Waals surface area contributed by atoms with Gasteiger partial charge in [-0.2, -0.15) is 17.0 Å². The van der Waals surface area contributed by atoms with E-state index in [4.69, 9.17) is 5.11 Å². The maximum absolute atomic E-state index is 12.0. The van der Waals surface area contributed by atoms with Crippen LogP contribution in [0.25, 0.3) is 0 Å². The monoisotopic (exact) mass is 250 g/mol. The quantitative estimate of drug-likeness (QED) is 0.604. The lowest BCUT2D eigenvalue weighted by Crippen LogP contribution is -2.43. The van der Waals surface area contributed by atoms with E-state index in [0.29, 0.717) is 6.54 Å². The fourth-order valence-corrected chi connectivity index (χ4v) is 2.61. The Kier molecular flexibility index (Phi) is 7.57. The Hall–Kier alpha value is -0.430. The van der Waals surface area contributed by atoms with Crippen LogP contribution in [0, 0.1) is 0 Å². The zero-order valence-corrected chi connectivity index (χ0v) is 10.9. The molecule has 0 rings (SSSR count). The Morgan fingerprint density at radius 3 is 2.44 bits per heavy atom. The maximum Gasteiger partial charge on any atom is 0.282 e. The van der Waals surface area contributed by atoms with Crippen molar-refractivity contribution in [1.82, 2.24) is 8.61 Å². The number of nitrogens with zero attached hydrogens (tertiary/aromatic N) is 2. The Balaban J connectivity index is 4.62. The molecule has 0 amide bonds. The summed E-state index contributed by atoms with van der Waals surface area (Å²) >= 11 is 0. The van der Waals surface area contributed by atoms with Gasteiger partial charge in [0.15, 0.2) is 0 Å². The normalized spacial score (nSPS) is 12.3. The van der Waals surface area contributed by atoms with E-state index in [-0.39, 0.29) is 19.7 Å². The molecule has 6 heteroatoms. The molecule has 0 saturated carbocycles. The smallest absolute Gasteiger partial charge is 0.282 e. The van der Waals surface area contributed by atoms with Crippen LogP contribution in [-0.4, -0.2) is 55.4 Å². The van der Waals surface area contributed by atoms with Crippen molar-refractivity contribution in [3.8, 4) is 0 Å². The van der Waals surface area contributed by atoms with Crippen molar-refractivity contribution >= 4 is 10.2 Å². The fourth-order valence-electron chi connectivity index (χ4n) is 1.25. The molecule has 0 radical (unpaired) electrons. The van der Waals surface area contributed by atoms with E-state index in [1.54, 1.807) is 7.05 Å². The molecule has 0 aromatic heterocycles. The van der Waals surface area contributed by atoms with E-state index in [0.717, 1.165) is 12.8 Å². The van der Waals surface area contributed by atoms with Gasteiger partial charge < -0.3 is 5.11 Å². The van der Waals surface area contributed by atoms with Crippen molar-refractivity contribution < 1.29 is 13.5 Å². The Morgan fingerprint density at radius 2 is 2.00 bits per heavy atom. The van der Waals surface area contributed by atoms with Crippen LogP contribution in [0.3, 0.4) is 0 Å². The van der Waals surface area contributed by atoms with Gasteiger partial charge in [0, 0.05) is 26.7 Å². The largest absolute Gasteiger partial charge is 0.395 e. The number of aliphatic hydroxyl groups is 1. The number of unbranched alkanes of at least 4 members (excludes halogenated alkanes) is 1. The minimum Gasteiger partial charge on any atom is -0.395 e. The lowest BCUT2D eigenvalue weighted by atomic mass is 10.3. The van der Waals surface area contributed by atoms with Crippen LogP contribution >= 0.6 is 0 Å². The Labute approximate surface area is 98.5 Å². The molecule has 0 bridgehead atoms. The summed E-state index contributed by atoms with van der Waals surface area (Å²) in [6.45, 7) is 6.16. The molecule has 5 nitrogen and oxygen atoms in total. The van der Waals surface area contributed by atoms with Crippen molar-refractivity contribution in [2.75, 3.05) is 33.3 Å². The average Bonchev–Trinajstić information content (AvgIpc) is 2.25. The molecule has 0 aromatic rings. The van der Waals surface area contributed by atoms with E-state index in [1.165, 1.54) is 14.7 Å². The molecule has 0 saturated heterocycles. The molecule has 0 spiro atoms. The fraction of sp³-hybridized carbons (Fsp3) is 0.800. The first-order valence-electron chi connectivity index (χ1n) is 5.43. The summed E-state index contributed by atoms with van der Waals surface area (Å²) in [5.74, 6) is 0. The van der Waals surface area contributed by atoms with Gasteiger partial charge in [-0.25, -0.2) is 0 Å². The van der Waals surface area contributed by atoms with Gasteiger partial charge in [-0.05, 0) is 6.42 Å². The van der Waals surface area contributed by atoms with Gasteiger partial charge in [0.2, 0.25) is 0 Å². The minimum absolute atomic E-state index is 0.102. The third kappa shape index (κ3) is 4.61. The van der Waals surface area contributed by atoms with E-state index in [2.05, 4.69) is 6.58 Å². The Bertz CT molecular complexity index is 290. The first kappa shape index (κ1) is 15.6. The van der Waals surface area contributed by atoms with Gasteiger partial charge in [-0.3, -0.25) is 0 Å². The van der Waals surface area contributed by atoms with E-state index in [1.807, 2.05) is 6.92 Å². The summed E-state index contributed by atoms with van der Waals surface area (Å²) in [5.41, 5.74) is 0. The summed E-state index contributed by atoms with van der Waals surface area (Å²) in [6, 6.07) is 0. The second-order valence-corrected chi connectivity index (χ2v) is 5.59. The summed E-state index contributed by atoms with van der Waals surface area (Å²) in [7, 11) is -1.91. The highest BCUT2D eigenvalue weighted by molar-refractivity contribution is 7.86. The van der Waals surface area contributed by atoms with Gasteiger partial charge >= 0.3 is 0 Å². The molecule has 0 aliphatic heterocycles. The van der Waals surface area contributed by atoms with Gasteiger partial charge in [0.25, 0.3) is 10.2 Å². The molecule has 0 heterocycles. The average molecular weight is 250 g/mol. The third-order valence-corrected chi connectivity index (χ3v) is 4.18. The van der Waals surface area contributed by atoms with Crippen LogP contribution in [0.4, 0.5) is 0 Å². The summed E-state index contributed by atoms with van der Waals surface area (Å²) in [5, 5.41) is 8.83. The van der Waals surface area contributed by atoms with Gasteiger partial charge in [-0.1, -0.05) is 19.4 Å². The Morgan fingerprint density at radius 1 is 1.38 bits per heavy atom. The summed E-state index contributed by atoms with van der Waals surface area (Å²) < 4.78 is 26.6. The summed E-state index contributed by atoms with van der Waals surface area (Å²) in [4.78, 5) is 0. The second kappa shape index (κ2) is 7.78. The first-order chi connectivity index (χ1) is 7.50. The lowest BCUT2D eigenvalue weighted by molar-refractivity contribution is 0.253. The highest BCUT2D eigenvalue weighted by atomic mass is 32.2. The minimum atomic E-state index is -3.46. The maximum atomic E-state index is 12.0. The van der Waals surface area contributed by atoms with Crippen molar-refractivity contribution in [2.45, 2.75) is 19.8 Å². The molecule has 96 valence electrons. The predicted molar refractivity (Wildman–Crippen MR) is 65.3 cm³/mol. The molecule has 0 aliphatic rings. The SMILES string of the molecule is C=CCN(CCO)S(=O)(=O)N(C)CCCC. The molecular weight excluding hydrogens is 228 g/mol. The van der Waals surface area contributed by atoms with E-state index >= 15 is 0 Å². The van der Waals surface area contributed by atoms with Gasteiger partial charge in [0.1, 0.15) is 0 Å². The predicted octanol–water partition coefficient (Wildman–Crippen LogP) is 0.443. The van der Waals surface area contributed by atoms with Crippen LogP contribution in [0.15, 0.2) is 12.7 Å². The van der Waals surface area contributed by atoms with Crippen LogP contribution in [-0.2, 0) is 10.2 Å². The lowest BCUT2D eigenvalue weighted by Gasteiger charge is -2.25. The molecule has 0 unspecified atom stereocenters. The molecule has 0 aliphatic carbocycles. The number of aliphatic hydroxyl groups excluding tert-OH is 1. The second-order valence-electron chi connectivity index (χ2n) is 3.55. The first-order valence-corrected chi connectivity index (χ1v) is 6.83. The zero-order chi connectivity index (χ0) is 12.6. The molecule has 0 atom stereocenters. The van der Waals surface area contributed by atoms with Crippen LogP contribution in [0.2, 0.25) is 0 Å². The van der Waals surface area contributed by atoms with Gasteiger partial charge in [-0.15, -0.1) is 6.58 Å². The van der Waals surface area contributed by atoms with Gasteiger partial charge in [0.05, 0.1) is 6.61 Å². The third-order valence-electron chi connectivity index (χ3n) is 2.23. The highest BCUT2D eigenvalue weighted by Crippen LogP contribution is 2.07. The molecule has 1 N–H and O–H groups in total. The van der Waals surface area contributed by atoms with Crippen LogP contribution in [0.5, 0.6) is 0 Å². The van der Waals surface area contributed by atoms with Crippen LogP contribution in [0.1, 0.15) is 19.8 Å². The molecular formula is C10H22N2O3S. The number of hydrogen-bond acceptors (Lipinski definition) is 3. The van der Waals surface area contributed by atoms with Crippen molar-refractivity contribution in [3.63, 3.8) is 0 Å². The number of hydrogen-bond donors (Lipinski definition) is 1. The topological polar surface area (TPSA) is 60.9 Å². The van der Waals surface area contributed by atoms with E-state index < -0.39 is 10.2 Å². The number of rotatable bonds is 9. The van der Waals surface area contributed by atoms with Crippen LogP contribution < -0.4 is 0 Å². The molecule has 0 fully saturated rings. The highest BCUT2D eigenvalue weighted by Gasteiger charge is 2.24. The van der Waals surface area contributed by atoms with Crippen molar-refractivity contribution in [3.05, 3.63) is 12.7 Å². The zero-order valence-electron chi connectivity index (χ0n) is 10.1. The van der Waals surface area contributed by atoms with Crippen molar-refractivity contribution in [1.29, 1.82) is 0 Å². The summed E-state index contributed by atoms with van der Waals surface area (Å²) in [6.07, 6.45) is 3.29. The van der Waals surface area contributed by atoms with E-state index in [9.17, 15) is 8.42 Å². The molecule has 16 heavy (non-hydrogen) atoms. The van der Waals surface area contributed by atoms with Crippen molar-refractivity contribution in [2.24, 2.45) is 0 Å². The molecule has 0 aromatic carbocycles. The standard InChI is InChI=1S/C10H22N2O3S/c1-4-6-8-11(3)16(14,15)12(7-5-2)9-10-13/h5,13H,2,4,6-10H2,1,3H3.